The molecule has 0 saturated carbocycles. The predicted octanol–water partition coefficient (Wildman–Crippen LogP) is -0.778. The van der Waals surface area contributed by atoms with Crippen molar-refractivity contribution in [1.82, 2.24) is 0 Å². The van der Waals surface area contributed by atoms with Crippen molar-refractivity contribution in [1.29, 1.82) is 0 Å². The second-order valence-electron chi connectivity index (χ2n) is 5.63. The van der Waals surface area contributed by atoms with Crippen molar-refractivity contribution in [3.63, 3.8) is 0 Å². The van der Waals surface area contributed by atoms with E-state index in [1.165, 1.54) is 14.2 Å². The number of nitrogens with two attached hydrogens (primary N) is 2. The lowest BCUT2D eigenvalue weighted by atomic mass is 10.3. The van der Waals surface area contributed by atoms with Crippen molar-refractivity contribution < 1.29 is 23.2 Å². The van der Waals surface area contributed by atoms with Crippen LogP contribution in [0.15, 0.2) is 48.5 Å². The van der Waals surface area contributed by atoms with Gasteiger partial charge in [0.05, 0.1) is 12.5 Å². The van der Waals surface area contributed by atoms with Crippen LogP contribution in [0, 0.1) is 0 Å². The molecule has 136 valence electrons. The van der Waals surface area contributed by atoms with Crippen LogP contribution in [-0.2, 0) is 13.0 Å². The number of anilines is 2. The summed E-state index contributed by atoms with van der Waals surface area (Å²) in [5.74, 6) is 0. The number of hydrogen-bond acceptors (Lipinski definition) is 7. The summed E-state index contributed by atoms with van der Waals surface area (Å²) in [6.07, 6.45) is -0.701. The monoisotopic (exact) mass is 380 g/mol. The van der Waals surface area contributed by atoms with Gasteiger partial charge in [-0.15, -0.1) is 0 Å². The summed E-state index contributed by atoms with van der Waals surface area (Å²) in [5, 5.41) is 21.5. The number of aliphatic hydroxyl groups is 2. The third-order valence-electron chi connectivity index (χ3n) is 4.03. The first-order valence-corrected chi connectivity index (χ1v) is 11.7. The summed E-state index contributed by atoms with van der Waals surface area (Å²) < 4.78 is 17.6. The van der Waals surface area contributed by atoms with Gasteiger partial charge in [-0.25, -0.2) is 0 Å². The van der Waals surface area contributed by atoms with Crippen molar-refractivity contribution in [3.8, 4) is 0 Å². The van der Waals surface area contributed by atoms with Gasteiger partial charge in [-0.2, -0.15) is 0 Å². The lowest BCUT2D eigenvalue weighted by Gasteiger charge is -2.37. The largest absolute Gasteiger partial charge is 0.526 e. The fourth-order valence-electron chi connectivity index (χ4n) is 2.63. The van der Waals surface area contributed by atoms with Crippen LogP contribution in [-0.4, -0.2) is 54.0 Å². The Bertz CT molecular complexity index is 649. The summed E-state index contributed by atoms with van der Waals surface area (Å²) in [4.78, 5) is 0. The van der Waals surface area contributed by atoms with Crippen molar-refractivity contribution in [2.45, 2.75) is 0 Å². The lowest BCUT2D eigenvalue weighted by Crippen LogP contribution is -2.69. The van der Waals surface area contributed by atoms with Crippen LogP contribution < -0.4 is 21.8 Å². The Kier molecular flexibility index (Phi) is 6.35. The van der Waals surface area contributed by atoms with E-state index < -0.39 is 17.1 Å². The molecule has 6 N–H and O–H groups in total. The number of hydrogen-bond donors (Lipinski definition) is 4. The molecule has 7 nitrogen and oxygen atoms in total. The summed E-state index contributed by atoms with van der Waals surface area (Å²) in [6.45, 7) is 0. The van der Waals surface area contributed by atoms with Crippen LogP contribution in [0.25, 0.3) is 0 Å². The lowest BCUT2D eigenvalue weighted by molar-refractivity contribution is 0.163. The zero-order chi connectivity index (χ0) is 18.5. The molecule has 0 atom stereocenters. The molecule has 0 heterocycles. The summed E-state index contributed by atoms with van der Waals surface area (Å²) >= 11 is 0. The molecule has 0 bridgehead atoms. The Morgan fingerprint density at radius 2 is 1.32 bits per heavy atom. The average Bonchev–Trinajstić information content (AvgIpc) is 2.64. The van der Waals surface area contributed by atoms with E-state index in [2.05, 4.69) is 0 Å². The average molecular weight is 381 g/mol. The minimum atomic E-state index is -3.41. The fraction of sp³-hybridized carbons (Fsp3) is 0.250. The van der Waals surface area contributed by atoms with E-state index in [0.29, 0.717) is 21.7 Å². The Morgan fingerprint density at radius 1 is 0.840 bits per heavy atom. The van der Waals surface area contributed by atoms with E-state index >= 15 is 0 Å². The summed E-state index contributed by atoms with van der Waals surface area (Å²) in [7, 11) is -3.68. The smallest absolute Gasteiger partial charge is 0.404 e. The summed E-state index contributed by atoms with van der Waals surface area (Å²) in [6, 6.07) is 14.0. The normalized spacial score (nSPS) is 12.3. The topological polar surface area (TPSA) is 120 Å². The second-order valence-corrected chi connectivity index (χ2v) is 12.1. The molecule has 2 rings (SSSR count). The third kappa shape index (κ3) is 3.93. The maximum atomic E-state index is 10.1. The first kappa shape index (κ1) is 19.6. The molecular weight excluding hydrogens is 356 g/mol. The standard InChI is InChI=1S/C16H24N2O5Si2/c1-21-25(22-2,16-8-4-6-14(18)10-16)23-24(11-19,12-20)15-7-3-5-13(17)9-15/h3-10,19-20H,11-12,17-18H2,1-2H3. The summed E-state index contributed by atoms with van der Waals surface area (Å²) in [5.41, 5.74) is 12.8. The molecule has 0 aliphatic heterocycles. The zero-order valence-corrected chi connectivity index (χ0v) is 16.3. The van der Waals surface area contributed by atoms with Crippen LogP contribution in [0.5, 0.6) is 0 Å². The number of nitrogen functional groups attached to an aromatic ring is 2. The highest BCUT2D eigenvalue weighted by Crippen LogP contribution is 2.18. The van der Waals surface area contributed by atoms with E-state index in [9.17, 15) is 10.2 Å². The highest BCUT2D eigenvalue weighted by Gasteiger charge is 2.51. The molecule has 0 aliphatic rings. The van der Waals surface area contributed by atoms with Gasteiger partial charge < -0.3 is 34.6 Å². The van der Waals surface area contributed by atoms with E-state index in [0.717, 1.165) is 0 Å². The number of rotatable bonds is 8. The first-order chi connectivity index (χ1) is 11.9. The quantitative estimate of drug-likeness (QED) is 0.350. The van der Waals surface area contributed by atoms with Gasteiger partial charge >= 0.3 is 8.80 Å². The van der Waals surface area contributed by atoms with Crippen LogP contribution in [0.2, 0.25) is 0 Å². The van der Waals surface area contributed by atoms with E-state index in [1.807, 2.05) is 0 Å². The maximum absolute atomic E-state index is 10.1. The molecule has 0 unspecified atom stereocenters. The molecule has 0 spiro atoms. The molecular formula is C16H24N2O5Si2. The Labute approximate surface area is 149 Å². The molecule has 2 aromatic rings. The SMILES string of the molecule is CO[Si](OC)(O[Si](CO)(CO)c1cccc(N)c1)c1cccc(N)c1. The molecule has 0 aromatic heterocycles. The molecule has 9 heteroatoms. The molecule has 0 aliphatic carbocycles. The third-order valence-corrected chi connectivity index (χ3v) is 11.1. The van der Waals surface area contributed by atoms with Gasteiger partial charge in [0.2, 0.25) is 0 Å². The Hall–Kier alpha value is -1.73. The van der Waals surface area contributed by atoms with Crippen LogP contribution >= 0.6 is 0 Å². The van der Waals surface area contributed by atoms with Gasteiger partial charge in [-0.3, -0.25) is 0 Å². The van der Waals surface area contributed by atoms with Crippen molar-refractivity contribution in [2.75, 3.05) is 38.1 Å². The number of benzene rings is 2. The van der Waals surface area contributed by atoms with Crippen molar-refractivity contribution in [3.05, 3.63) is 48.5 Å². The van der Waals surface area contributed by atoms with E-state index in [1.54, 1.807) is 48.5 Å². The molecule has 0 saturated heterocycles. The van der Waals surface area contributed by atoms with Gasteiger partial charge in [0.1, 0.15) is 0 Å². The first-order valence-electron chi connectivity index (χ1n) is 7.69. The minimum Gasteiger partial charge on any atom is -0.404 e. The van der Waals surface area contributed by atoms with Gasteiger partial charge in [0.15, 0.2) is 0 Å². The van der Waals surface area contributed by atoms with E-state index in [4.69, 9.17) is 24.4 Å². The molecule has 0 fully saturated rings. The molecule has 0 amide bonds. The van der Waals surface area contributed by atoms with Crippen molar-refractivity contribution in [2.24, 2.45) is 0 Å². The van der Waals surface area contributed by atoms with Gasteiger partial charge in [0.25, 0.3) is 8.32 Å². The van der Waals surface area contributed by atoms with Gasteiger partial charge in [0, 0.05) is 30.8 Å². The predicted molar refractivity (Wildman–Crippen MR) is 102 cm³/mol. The van der Waals surface area contributed by atoms with Crippen LogP contribution in [0.1, 0.15) is 0 Å². The van der Waals surface area contributed by atoms with Gasteiger partial charge in [-0.1, -0.05) is 24.3 Å². The zero-order valence-electron chi connectivity index (χ0n) is 14.3. The molecule has 0 radical (unpaired) electrons. The Morgan fingerprint density at radius 3 is 1.76 bits per heavy atom. The van der Waals surface area contributed by atoms with Crippen LogP contribution in [0.3, 0.4) is 0 Å². The molecule has 25 heavy (non-hydrogen) atoms. The minimum absolute atomic E-state index is 0.350. The van der Waals surface area contributed by atoms with Crippen molar-refractivity contribution >= 4 is 38.9 Å². The highest BCUT2D eigenvalue weighted by atomic mass is 28.5. The number of aliphatic hydroxyl groups excluding tert-OH is 2. The van der Waals surface area contributed by atoms with Gasteiger partial charge in [-0.05, 0) is 29.5 Å². The maximum Gasteiger partial charge on any atom is 0.526 e. The van der Waals surface area contributed by atoms with E-state index in [-0.39, 0.29) is 12.5 Å². The second kappa shape index (κ2) is 8.10. The van der Waals surface area contributed by atoms with Crippen LogP contribution in [0.4, 0.5) is 11.4 Å². The highest BCUT2D eigenvalue weighted by molar-refractivity contribution is 6.94. The molecule has 2 aromatic carbocycles. The Balaban J connectivity index is 2.54. The fourth-order valence-corrected chi connectivity index (χ4v) is 9.39.